The zero-order valence-electron chi connectivity index (χ0n) is 8.09. The summed E-state index contributed by atoms with van der Waals surface area (Å²) < 4.78 is 13.2. The van der Waals surface area contributed by atoms with Gasteiger partial charge in [-0.25, -0.2) is 4.39 Å². The molecule has 15 heavy (non-hydrogen) atoms. The summed E-state index contributed by atoms with van der Waals surface area (Å²) in [5, 5.41) is 3.06. The third-order valence-corrected chi connectivity index (χ3v) is 2.66. The van der Waals surface area contributed by atoms with Crippen molar-refractivity contribution < 1.29 is 9.18 Å². The van der Waals surface area contributed by atoms with Crippen LogP contribution < -0.4 is 5.32 Å². The molecule has 1 fully saturated rings. The van der Waals surface area contributed by atoms with E-state index in [1.807, 2.05) is 0 Å². The first kappa shape index (κ1) is 10.4. The zero-order chi connectivity index (χ0) is 10.8. The molecule has 1 N–H and O–H groups in total. The first-order valence-corrected chi connectivity index (χ1v) is 5.28. The van der Waals surface area contributed by atoms with Crippen LogP contribution >= 0.6 is 11.6 Å². The number of nitrogens with one attached hydrogen (secondary N) is 1. The van der Waals surface area contributed by atoms with Gasteiger partial charge in [0.25, 0.3) is 5.91 Å². The molecule has 0 spiro atoms. The van der Waals surface area contributed by atoms with Crippen molar-refractivity contribution in [3.8, 4) is 0 Å². The van der Waals surface area contributed by atoms with Gasteiger partial charge in [0.2, 0.25) is 0 Å². The van der Waals surface area contributed by atoms with Gasteiger partial charge in [-0.15, -0.1) is 0 Å². The largest absolute Gasteiger partial charge is 0.352 e. The van der Waals surface area contributed by atoms with E-state index in [0.29, 0.717) is 17.5 Å². The van der Waals surface area contributed by atoms with E-state index in [0.717, 1.165) is 12.8 Å². The predicted octanol–water partition coefficient (Wildman–Crippen LogP) is 2.62. The second kappa shape index (κ2) is 4.19. The van der Waals surface area contributed by atoms with Crippen LogP contribution in [0.15, 0.2) is 18.2 Å². The van der Waals surface area contributed by atoms with Crippen LogP contribution in [0.4, 0.5) is 4.39 Å². The lowest BCUT2D eigenvalue weighted by Gasteiger charge is -2.05. The SMILES string of the molecule is O=C(NCC1CC1)c1cc(Cl)ccc1F. The summed E-state index contributed by atoms with van der Waals surface area (Å²) in [4.78, 5) is 11.5. The number of hydrogen-bond acceptors (Lipinski definition) is 1. The molecule has 1 aromatic rings. The monoisotopic (exact) mass is 227 g/mol. The Morgan fingerprint density at radius 3 is 2.93 bits per heavy atom. The maximum Gasteiger partial charge on any atom is 0.254 e. The molecular formula is C11H11ClFNO. The molecule has 4 heteroatoms. The molecule has 0 aliphatic heterocycles. The zero-order valence-corrected chi connectivity index (χ0v) is 8.85. The van der Waals surface area contributed by atoms with Crippen LogP contribution in [0, 0.1) is 11.7 Å². The lowest BCUT2D eigenvalue weighted by molar-refractivity contribution is 0.0948. The molecule has 0 atom stereocenters. The van der Waals surface area contributed by atoms with Crippen LogP contribution in [0.5, 0.6) is 0 Å². The molecule has 2 rings (SSSR count). The van der Waals surface area contributed by atoms with Crippen LogP contribution in [-0.4, -0.2) is 12.5 Å². The Kier molecular flexibility index (Phi) is 2.91. The molecule has 1 saturated carbocycles. The van der Waals surface area contributed by atoms with Gasteiger partial charge in [0.15, 0.2) is 0 Å². The van der Waals surface area contributed by atoms with E-state index < -0.39 is 5.82 Å². The van der Waals surface area contributed by atoms with Gasteiger partial charge >= 0.3 is 0 Å². The molecule has 0 saturated heterocycles. The summed E-state index contributed by atoms with van der Waals surface area (Å²) >= 11 is 5.69. The molecule has 1 aliphatic rings. The summed E-state index contributed by atoms with van der Waals surface area (Å²) in [5.41, 5.74) is 0.0168. The van der Waals surface area contributed by atoms with Crippen LogP contribution in [0.25, 0.3) is 0 Å². The van der Waals surface area contributed by atoms with Gasteiger partial charge in [-0.1, -0.05) is 11.6 Å². The molecule has 80 valence electrons. The van der Waals surface area contributed by atoms with Crippen molar-refractivity contribution in [2.24, 2.45) is 5.92 Å². The standard InChI is InChI=1S/C11H11ClFNO/c12-8-3-4-10(13)9(5-8)11(15)14-6-7-1-2-7/h3-5,7H,1-2,6H2,(H,14,15). The van der Waals surface area contributed by atoms with Gasteiger partial charge in [-0.3, -0.25) is 4.79 Å². The molecular weight excluding hydrogens is 217 g/mol. The first-order chi connectivity index (χ1) is 7.16. The predicted molar refractivity (Wildman–Crippen MR) is 56.5 cm³/mol. The summed E-state index contributed by atoms with van der Waals surface area (Å²) in [6.45, 7) is 0.630. The molecule has 0 heterocycles. The van der Waals surface area contributed by atoms with Crippen LogP contribution in [0.3, 0.4) is 0 Å². The fourth-order valence-electron chi connectivity index (χ4n) is 1.33. The average molecular weight is 228 g/mol. The van der Waals surface area contributed by atoms with Crippen LogP contribution in [-0.2, 0) is 0 Å². The first-order valence-electron chi connectivity index (χ1n) is 4.90. The topological polar surface area (TPSA) is 29.1 Å². The normalized spacial score (nSPS) is 15.1. The highest BCUT2D eigenvalue weighted by Gasteiger charge is 2.22. The Labute approximate surface area is 92.4 Å². The lowest BCUT2D eigenvalue weighted by atomic mass is 10.2. The quantitative estimate of drug-likeness (QED) is 0.845. The number of halogens is 2. The smallest absolute Gasteiger partial charge is 0.254 e. The minimum atomic E-state index is -0.535. The van der Waals surface area contributed by atoms with Gasteiger partial charge in [0.1, 0.15) is 5.82 Å². The fourth-order valence-corrected chi connectivity index (χ4v) is 1.50. The molecule has 0 bridgehead atoms. The third-order valence-electron chi connectivity index (χ3n) is 2.42. The summed E-state index contributed by atoms with van der Waals surface area (Å²) in [5.74, 6) is -0.342. The maximum atomic E-state index is 13.2. The second-order valence-electron chi connectivity index (χ2n) is 3.78. The van der Waals surface area contributed by atoms with Gasteiger partial charge in [0.05, 0.1) is 5.56 Å². The van der Waals surface area contributed by atoms with E-state index in [1.165, 1.54) is 18.2 Å². The van der Waals surface area contributed by atoms with Crippen molar-refractivity contribution in [3.05, 3.63) is 34.6 Å². The van der Waals surface area contributed by atoms with Crippen LogP contribution in [0.1, 0.15) is 23.2 Å². The second-order valence-corrected chi connectivity index (χ2v) is 4.21. The van der Waals surface area contributed by atoms with Crippen molar-refractivity contribution in [3.63, 3.8) is 0 Å². The number of carbonyl (C=O) groups excluding carboxylic acids is 1. The summed E-state index contributed by atoms with van der Waals surface area (Å²) in [6.07, 6.45) is 2.30. The van der Waals surface area contributed by atoms with E-state index in [2.05, 4.69) is 5.32 Å². The Morgan fingerprint density at radius 2 is 2.27 bits per heavy atom. The molecule has 0 aromatic heterocycles. The van der Waals surface area contributed by atoms with Crippen LogP contribution in [0.2, 0.25) is 5.02 Å². The highest BCUT2D eigenvalue weighted by Crippen LogP contribution is 2.27. The average Bonchev–Trinajstić information content (AvgIpc) is 3.02. The molecule has 1 aromatic carbocycles. The van der Waals surface area contributed by atoms with E-state index in [-0.39, 0.29) is 11.5 Å². The van der Waals surface area contributed by atoms with E-state index in [4.69, 9.17) is 11.6 Å². The number of hydrogen-bond donors (Lipinski definition) is 1. The number of amides is 1. The van der Waals surface area contributed by atoms with Crippen molar-refractivity contribution >= 4 is 17.5 Å². The molecule has 2 nitrogen and oxygen atoms in total. The molecule has 1 amide bonds. The number of benzene rings is 1. The van der Waals surface area contributed by atoms with Crippen molar-refractivity contribution in [1.82, 2.24) is 5.32 Å². The molecule has 0 unspecified atom stereocenters. The van der Waals surface area contributed by atoms with E-state index in [9.17, 15) is 9.18 Å². The Balaban J connectivity index is 2.05. The minimum absolute atomic E-state index is 0.0168. The maximum absolute atomic E-state index is 13.2. The van der Waals surface area contributed by atoms with Gasteiger partial charge < -0.3 is 5.32 Å². The number of carbonyl (C=O) groups is 1. The Bertz CT molecular complexity index is 390. The minimum Gasteiger partial charge on any atom is -0.352 e. The highest BCUT2D eigenvalue weighted by atomic mass is 35.5. The summed E-state index contributed by atoms with van der Waals surface area (Å²) in [7, 11) is 0. The lowest BCUT2D eigenvalue weighted by Crippen LogP contribution is -2.26. The number of rotatable bonds is 3. The van der Waals surface area contributed by atoms with Crippen molar-refractivity contribution in [2.75, 3.05) is 6.54 Å². The van der Waals surface area contributed by atoms with E-state index >= 15 is 0 Å². The molecule has 1 aliphatic carbocycles. The van der Waals surface area contributed by atoms with Gasteiger partial charge in [0, 0.05) is 11.6 Å². The van der Waals surface area contributed by atoms with E-state index in [1.54, 1.807) is 0 Å². The molecule has 0 radical (unpaired) electrons. The highest BCUT2D eigenvalue weighted by molar-refractivity contribution is 6.30. The Hall–Kier alpha value is -1.09. The summed E-state index contributed by atoms with van der Waals surface area (Å²) in [6, 6.07) is 3.97. The Morgan fingerprint density at radius 1 is 1.53 bits per heavy atom. The van der Waals surface area contributed by atoms with Crippen molar-refractivity contribution in [1.29, 1.82) is 0 Å². The van der Waals surface area contributed by atoms with Crippen molar-refractivity contribution in [2.45, 2.75) is 12.8 Å². The fraction of sp³-hybridized carbons (Fsp3) is 0.364. The van der Waals surface area contributed by atoms with Gasteiger partial charge in [-0.2, -0.15) is 0 Å². The third kappa shape index (κ3) is 2.69. The van der Waals surface area contributed by atoms with Gasteiger partial charge in [-0.05, 0) is 37.0 Å².